The van der Waals surface area contributed by atoms with Crippen molar-refractivity contribution in [2.75, 3.05) is 13.2 Å². The van der Waals surface area contributed by atoms with Crippen LogP contribution in [0.2, 0.25) is 0 Å². The van der Waals surface area contributed by atoms with Crippen LogP contribution in [-0.4, -0.2) is 38.9 Å². The fourth-order valence-electron chi connectivity index (χ4n) is 3.63. The molecule has 0 saturated carbocycles. The summed E-state index contributed by atoms with van der Waals surface area (Å²) < 4.78 is 13.3. The van der Waals surface area contributed by atoms with Crippen LogP contribution in [0.15, 0.2) is 59.4 Å². The van der Waals surface area contributed by atoms with Crippen molar-refractivity contribution in [3.63, 3.8) is 0 Å². The molecule has 1 aliphatic heterocycles. The van der Waals surface area contributed by atoms with E-state index in [1.807, 2.05) is 43.6 Å². The van der Waals surface area contributed by atoms with Crippen molar-refractivity contribution >= 4 is 11.0 Å². The van der Waals surface area contributed by atoms with Crippen LogP contribution in [0.25, 0.3) is 22.4 Å². The molecule has 0 radical (unpaired) electrons. The molecule has 1 fully saturated rings. The lowest BCUT2D eigenvalue weighted by Crippen LogP contribution is -2.40. The van der Waals surface area contributed by atoms with E-state index < -0.39 is 0 Å². The van der Waals surface area contributed by atoms with Gasteiger partial charge in [-0.1, -0.05) is 35.5 Å². The molecule has 2 atom stereocenters. The summed E-state index contributed by atoms with van der Waals surface area (Å²) in [5.41, 5.74) is 4.20. The minimum atomic E-state index is -0.0736. The van der Waals surface area contributed by atoms with Gasteiger partial charge in [-0.15, -0.1) is 0 Å². The minimum absolute atomic E-state index is 0.00269. The first-order valence-corrected chi connectivity index (χ1v) is 9.46. The number of hydrogen-bond acceptors (Lipinski definition) is 6. The third kappa shape index (κ3) is 3.19. The molecule has 3 heterocycles. The fourth-order valence-corrected chi connectivity index (χ4v) is 3.63. The first-order chi connectivity index (χ1) is 13.8. The summed E-state index contributed by atoms with van der Waals surface area (Å²) in [6.07, 6.45) is 1.88. The topological polar surface area (TPSA) is 78.0 Å². The van der Waals surface area contributed by atoms with Crippen molar-refractivity contribution < 1.29 is 9.26 Å². The van der Waals surface area contributed by atoms with Crippen molar-refractivity contribution in [1.82, 2.24) is 25.0 Å². The molecule has 4 aromatic rings. The third-order valence-corrected chi connectivity index (χ3v) is 5.09. The monoisotopic (exact) mass is 375 g/mol. The smallest absolute Gasteiger partial charge is 0.246 e. The molecule has 28 heavy (non-hydrogen) atoms. The number of imidazole rings is 1. The van der Waals surface area contributed by atoms with Gasteiger partial charge in [-0.2, -0.15) is 4.98 Å². The van der Waals surface area contributed by atoms with Gasteiger partial charge in [0.25, 0.3) is 0 Å². The lowest BCUT2D eigenvalue weighted by Gasteiger charge is -2.27. The maximum absolute atomic E-state index is 5.67. The molecular formula is C21H21N5O2. The molecule has 1 aliphatic rings. The molecule has 7 nitrogen and oxygen atoms in total. The third-order valence-electron chi connectivity index (χ3n) is 5.09. The Balaban J connectivity index is 1.40. The number of para-hydroxylation sites is 2. The number of aromatic nitrogens is 4. The van der Waals surface area contributed by atoms with Crippen LogP contribution in [0.1, 0.15) is 24.4 Å². The molecule has 5 rings (SSSR count). The van der Waals surface area contributed by atoms with Gasteiger partial charge in [-0.05, 0) is 30.7 Å². The van der Waals surface area contributed by atoms with Crippen molar-refractivity contribution in [2.45, 2.75) is 25.6 Å². The van der Waals surface area contributed by atoms with Crippen LogP contribution in [0.4, 0.5) is 0 Å². The van der Waals surface area contributed by atoms with E-state index in [0.717, 1.165) is 35.2 Å². The SMILES string of the molecule is C[C@H]1OCCN[C@@H]1c1nc(-c2cccc(Cn3cnc4ccccc43)c2)no1. The molecule has 0 amide bonds. The standard InChI is InChI=1S/C21H21N5O2/c1-14-19(22-9-10-27-14)21-24-20(25-28-21)16-6-4-5-15(11-16)12-26-13-23-17-7-2-3-8-18(17)26/h2-8,11,13-14,19,22H,9-10,12H2,1H3/t14-,19+/m1/s1. The van der Waals surface area contributed by atoms with Gasteiger partial charge < -0.3 is 19.1 Å². The van der Waals surface area contributed by atoms with Crippen LogP contribution >= 0.6 is 0 Å². The molecular weight excluding hydrogens is 354 g/mol. The summed E-state index contributed by atoms with van der Waals surface area (Å²) in [4.78, 5) is 9.07. The molecule has 0 spiro atoms. The maximum atomic E-state index is 5.67. The van der Waals surface area contributed by atoms with Crippen molar-refractivity contribution in [2.24, 2.45) is 0 Å². The van der Waals surface area contributed by atoms with Gasteiger partial charge in [0.1, 0.15) is 6.04 Å². The van der Waals surface area contributed by atoms with Gasteiger partial charge in [-0.3, -0.25) is 0 Å². The van der Waals surface area contributed by atoms with Gasteiger partial charge >= 0.3 is 0 Å². The first-order valence-electron chi connectivity index (χ1n) is 9.46. The Morgan fingerprint density at radius 3 is 3.04 bits per heavy atom. The highest BCUT2D eigenvalue weighted by atomic mass is 16.5. The first kappa shape index (κ1) is 17.1. The summed E-state index contributed by atoms with van der Waals surface area (Å²) in [5, 5.41) is 7.56. The second-order valence-corrected chi connectivity index (χ2v) is 7.03. The number of nitrogens with zero attached hydrogens (tertiary/aromatic N) is 4. The second-order valence-electron chi connectivity index (χ2n) is 7.03. The molecule has 2 aromatic carbocycles. The number of benzene rings is 2. The van der Waals surface area contributed by atoms with Gasteiger partial charge in [0, 0.05) is 18.7 Å². The molecule has 142 valence electrons. The lowest BCUT2D eigenvalue weighted by atomic mass is 10.1. The van der Waals surface area contributed by atoms with Crippen molar-refractivity contribution in [3.05, 3.63) is 66.3 Å². The van der Waals surface area contributed by atoms with E-state index in [-0.39, 0.29) is 12.1 Å². The van der Waals surface area contributed by atoms with E-state index in [9.17, 15) is 0 Å². The molecule has 0 aliphatic carbocycles. The van der Waals surface area contributed by atoms with Crippen LogP contribution in [0.5, 0.6) is 0 Å². The van der Waals surface area contributed by atoms with Gasteiger partial charge in [0.05, 0.1) is 30.1 Å². The van der Waals surface area contributed by atoms with E-state index in [4.69, 9.17) is 9.26 Å². The summed E-state index contributed by atoms with van der Waals surface area (Å²) in [5.74, 6) is 1.15. The fraction of sp³-hybridized carbons (Fsp3) is 0.286. The van der Waals surface area contributed by atoms with E-state index in [2.05, 4.69) is 43.2 Å². The minimum Gasteiger partial charge on any atom is -0.375 e. The largest absolute Gasteiger partial charge is 0.375 e. The van der Waals surface area contributed by atoms with Crippen LogP contribution in [0, 0.1) is 0 Å². The van der Waals surface area contributed by atoms with Crippen LogP contribution in [0.3, 0.4) is 0 Å². The van der Waals surface area contributed by atoms with E-state index in [0.29, 0.717) is 18.3 Å². The molecule has 2 aromatic heterocycles. The number of nitrogens with one attached hydrogen (secondary N) is 1. The maximum Gasteiger partial charge on any atom is 0.246 e. The zero-order valence-corrected chi connectivity index (χ0v) is 15.6. The Morgan fingerprint density at radius 2 is 2.11 bits per heavy atom. The summed E-state index contributed by atoms with van der Waals surface area (Å²) in [7, 11) is 0. The normalized spacial score (nSPS) is 19.9. The Kier molecular flexibility index (Phi) is 4.38. The van der Waals surface area contributed by atoms with E-state index in [1.54, 1.807) is 0 Å². The Hall–Kier alpha value is -3.03. The predicted molar refractivity (Wildman–Crippen MR) is 105 cm³/mol. The summed E-state index contributed by atoms with van der Waals surface area (Å²) >= 11 is 0. The average Bonchev–Trinajstić information content (AvgIpc) is 3.37. The number of rotatable bonds is 4. The summed E-state index contributed by atoms with van der Waals surface area (Å²) in [6.45, 7) is 4.22. The van der Waals surface area contributed by atoms with Gasteiger partial charge in [0.15, 0.2) is 0 Å². The zero-order chi connectivity index (χ0) is 18.9. The summed E-state index contributed by atoms with van der Waals surface area (Å²) in [6, 6.07) is 16.3. The van der Waals surface area contributed by atoms with Gasteiger partial charge in [0.2, 0.25) is 11.7 Å². The molecule has 7 heteroatoms. The lowest BCUT2D eigenvalue weighted by molar-refractivity contribution is -0.00136. The van der Waals surface area contributed by atoms with Crippen molar-refractivity contribution in [1.29, 1.82) is 0 Å². The zero-order valence-electron chi connectivity index (χ0n) is 15.6. The number of morpholine rings is 1. The van der Waals surface area contributed by atoms with Crippen molar-refractivity contribution in [3.8, 4) is 11.4 Å². The van der Waals surface area contributed by atoms with Gasteiger partial charge in [-0.25, -0.2) is 4.98 Å². The van der Waals surface area contributed by atoms with E-state index >= 15 is 0 Å². The highest BCUT2D eigenvalue weighted by Crippen LogP contribution is 2.24. The van der Waals surface area contributed by atoms with E-state index in [1.165, 1.54) is 0 Å². The molecule has 1 N–H and O–H groups in total. The highest BCUT2D eigenvalue weighted by Gasteiger charge is 2.28. The average molecular weight is 375 g/mol. The quantitative estimate of drug-likeness (QED) is 0.590. The molecule has 0 bridgehead atoms. The van der Waals surface area contributed by atoms with Crippen LogP contribution < -0.4 is 5.32 Å². The molecule has 0 unspecified atom stereocenters. The van der Waals surface area contributed by atoms with Crippen LogP contribution in [-0.2, 0) is 11.3 Å². The Morgan fingerprint density at radius 1 is 1.18 bits per heavy atom. The highest BCUT2D eigenvalue weighted by molar-refractivity contribution is 5.75. The Bertz CT molecular complexity index is 1100. The number of hydrogen-bond donors (Lipinski definition) is 1. The predicted octanol–water partition coefficient (Wildman–Crippen LogP) is 3.18. The molecule has 1 saturated heterocycles. The Labute approximate surface area is 162 Å². The number of ether oxygens (including phenoxy) is 1. The number of fused-ring (bicyclic) bond motifs is 1. The second kappa shape index (κ2) is 7.18.